The highest BCUT2D eigenvalue weighted by molar-refractivity contribution is 5.64. The fourth-order valence-corrected chi connectivity index (χ4v) is 2.95. The van der Waals surface area contributed by atoms with E-state index in [0.29, 0.717) is 16.7 Å². The van der Waals surface area contributed by atoms with Gasteiger partial charge in [0.15, 0.2) is 5.82 Å². The number of rotatable bonds is 3. The van der Waals surface area contributed by atoms with E-state index in [1.165, 1.54) is 25.7 Å². The SMILES string of the molecule is CCC1(CC)CCN(c2ncc(C#N)cc2N)CC1. The third-order valence-corrected chi connectivity index (χ3v) is 4.65. The molecule has 19 heavy (non-hydrogen) atoms. The van der Waals surface area contributed by atoms with Crippen LogP contribution in [0.15, 0.2) is 12.3 Å². The van der Waals surface area contributed by atoms with Crippen LogP contribution in [0.1, 0.15) is 45.1 Å². The van der Waals surface area contributed by atoms with Gasteiger partial charge in [-0.3, -0.25) is 0 Å². The summed E-state index contributed by atoms with van der Waals surface area (Å²) >= 11 is 0. The van der Waals surface area contributed by atoms with Crippen molar-refractivity contribution < 1.29 is 0 Å². The van der Waals surface area contributed by atoms with Gasteiger partial charge in [0.2, 0.25) is 0 Å². The van der Waals surface area contributed by atoms with Crippen LogP contribution in [-0.4, -0.2) is 18.1 Å². The number of hydrogen-bond donors (Lipinski definition) is 1. The molecule has 1 aliphatic rings. The van der Waals surface area contributed by atoms with Gasteiger partial charge in [0, 0.05) is 19.3 Å². The molecule has 0 aliphatic carbocycles. The summed E-state index contributed by atoms with van der Waals surface area (Å²) in [5.41, 5.74) is 7.64. The summed E-state index contributed by atoms with van der Waals surface area (Å²) in [4.78, 5) is 6.60. The Kier molecular flexibility index (Phi) is 3.94. The summed E-state index contributed by atoms with van der Waals surface area (Å²) in [6.07, 6.45) is 6.48. The fraction of sp³-hybridized carbons (Fsp3) is 0.600. The van der Waals surface area contributed by atoms with Gasteiger partial charge in [-0.05, 0) is 24.3 Å². The number of nitriles is 1. The molecular formula is C15H22N4. The molecule has 1 aromatic rings. The van der Waals surface area contributed by atoms with E-state index in [9.17, 15) is 0 Å². The van der Waals surface area contributed by atoms with Crippen molar-refractivity contribution in [1.29, 1.82) is 5.26 Å². The molecule has 0 amide bonds. The minimum Gasteiger partial charge on any atom is -0.396 e. The summed E-state index contributed by atoms with van der Waals surface area (Å²) < 4.78 is 0. The molecule has 0 spiro atoms. The molecule has 4 nitrogen and oxygen atoms in total. The highest BCUT2D eigenvalue weighted by atomic mass is 15.2. The van der Waals surface area contributed by atoms with E-state index in [4.69, 9.17) is 11.0 Å². The first kappa shape index (κ1) is 13.7. The van der Waals surface area contributed by atoms with Gasteiger partial charge in [0.1, 0.15) is 6.07 Å². The summed E-state index contributed by atoms with van der Waals surface area (Å²) in [6.45, 7) is 6.58. The molecule has 2 rings (SSSR count). The van der Waals surface area contributed by atoms with Crippen LogP contribution in [-0.2, 0) is 0 Å². The fourth-order valence-electron chi connectivity index (χ4n) is 2.95. The van der Waals surface area contributed by atoms with Crippen molar-refractivity contribution in [2.75, 3.05) is 23.7 Å². The Bertz CT molecular complexity index is 475. The van der Waals surface area contributed by atoms with Crippen LogP contribution in [0.5, 0.6) is 0 Å². The lowest BCUT2D eigenvalue weighted by Crippen LogP contribution is -2.40. The first-order chi connectivity index (χ1) is 9.14. The molecule has 1 aliphatic heterocycles. The van der Waals surface area contributed by atoms with E-state index in [-0.39, 0.29) is 0 Å². The highest BCUT2D eigenvalue weighted by Gasteiger charge is 2.32. The highest BCUT2D eigenvalue weighted by Crippen LogP contribution is 2.39. The first-order valence-corrected chi connectivity index (χ1v) is 7.04. The molecule has 2 N–H and O–H groups in total. The number of anilines is 2. The number of piperidine rings is 1. The average molecular weight is 258 g/mol. The third-order valence-electron chi connectivity index (χ3n) is 4.65. The van der Waals surface area contributed by atoms with Crippen molar-refractivity contribution >= 4 is 11.5 Å². The lowest BCUT2D eigenvalue weighted by Gasteiger charge is -2.41. The number of hydrogen-bond acceptors (Lipinski definition) is 4. The van der Waals surface area contributed by atoms with Crippen LogP contribution in [0.3, 0.4) is 0 Å². The van der Waals surface area contributed by atoms with E-state index < -0.39 is 0 Å². The molecular weight excluding hydrogens is 236 g/mol. The van der Waals surface area contributed by atoms with Gasteiger partial charge in [0.25, 0.3) is 0 Å². The summed E-state index contributed by atoms with van der Waals surface area (Å²) in [5, 5.41) is 8.84. The number of nitrogens with zero attached hydrogens (tertiary/aromatic N) is 3. The molecule has 1 saturated heterocycles. The van der Waals surface area contributed by atoms with Gasteiger partial charge in [-0.1, -0.05) is 26.7 Å². The van der Waals surface area contributed by atoms with Gasteiger partial charge in [-0.25, -0.2) is 4.98 Å². The number of nitrogen functional groups attached to an aromatic ring is 1. The molecule has 0 radical (unpaired) electrons. The van der Waals surface area contributed by atoms with E-state index in [0.717, 1.165) is 18.9 Å². The molecule has 0 aromatic carbocycles. The zero-order valence-electron chi connectivity index (χ0n) is 11.8. The second-order valence-corrected chi connectivity index (χ2v) is 5.44. The number of nitrogens with two attached hydrogens (primary N) is 1. The second-order valence-electron chi connectivity index (χ2n) is 5.44. The van der Waals surface area contributed by atoms with Crippen molar-refractivity contribution in [3.05, 3.63) is 17.8 Å². The second kappa shape index (κ2) is 5.48. The Morgan fingerprint density at radius 3 is 2.47 bits per heavy atom. The molecule has 4 heteroatoms. The lowest BCUT2D eigenvalue weighted by atomic mass is 9.74. The van der Waals surface area contributed by atoms with Crippen molar-refractivity contribution in [2.45, 2.75) is 39.5 Å². The first-order valence-electron chi connectivity index (χ1n) is 7.04. The van der Waals surface area contributed by atoms with Crippen molar-refractivity contribution in [1.82, 2.24) is 4.98 Å². The Labute approximate surface area is 115 Å². The van der Waals surface area contributed by atoms with Crippen LogP contribution in [0, 0.1) is 16.7 Å². The number of aromatic nitrogens is 1. The minimum atomic E-state index is 0.498. The maximum atomic E-state index is 8.84. The quantitative estimate of drug-likeness (QED) is 0.905. The summed E-state index contributed by atoms with van der Waals surface area (Å²) in [6, 6.07) is 3.78. The lowest BCUT2D eigenvalue weighted by molar-refractivity contribution is 0.199. The molecule has 1 aromatic heterocycles. The topological polar surface area (TPSA) is 65.9 Å². The molecule has 0 bridgehead atoms. The molecule has 102 valence electrons. The number of pyridine rings is 1. The standard InChI is InChI=1S/C15H22N4/c1-3-15(4-2)5-7-19(8-6-15)14-13(17)9-12(10-16)11-18-14/h9,11H,3-8,17H2,1-2H3. The zero-order chi connectivity index (χ0) is 13.9. The van der Waals surface area contributed by atoms with E-state index in [1.54, 1.807) is 12.3 Å². The predicted molar refractivity (Wildman–Crippen MR) is 77.8 cm³/mol. The third kappa shape index (κ3) is 2.65. The van der Waals surface area contributed by atoms with Crippen LogP contribution in [0.25, 0.3) is 0 Å². The van der Waals surface area contributed by atoms with Crippen molar-refractivity contribution in [3.63, 3.8) is 0 Å². The van der Waals surface area contributed by atoms with E-state index >= 15 is 0 Å². The smallest absolute Gasteiger partial charge is 0.151 e. The summed E-state index contributed by atoms with van der Waals surface area (Å²) in [7, 11) is 0. The van der Waals surface area contributed by atoms with Crippen molar-refractivity contribution in [3.8, 4) is 6.07 Å². The van der Waals surface area contributed by atoms with E-state index in [2.05, 4.69) is 29.8 Å². The van der Waals surface area contributed by atoms with E-state index in [1.807, 2.05) is 0 Å². The van der Waals surface area contributed by atoms with Gasteiger partial charge in [-0.15, -0.1) is 0 Å². The van der Waals surface area contributed by atoms with Crippen LogP contribution in [0.4, 0.5) is 11.5 Å². The molecule has 0 unspecified atom stereocenters. The maximum Gasteiger partial charge on any atom is 0.151 e. The van der Waals surface area contributed by atoms with Gasteiger partial charge in [0.05, 0.1) is 11.3 Å². The summed E-state index contributed by atoms with van der Waals surface area (Å²) in [5.74, 6) is 0.833. The Morgan fingerprint density at radius 2 is 2.00 bits per heavy atom. The average Bonchev–Trinajstić information content (AvgIpc) is 2.47. The molecule has 2 heterocycles. The molecule has 0 saturated carbocycles. The van der Waals surface area contributed by atoms with Gasteiger partial charge >= 0.3 is 0 Å². The maximum absolute atomic E-state index is 8.84. The zero-order valence-corrected chi connectivity index (χ0v) is 11.8. The largest absolute Gasteiger partial charge is 0.396 e. The predicted octanol–water partition coefficient (Wildman–Crippen LogP) is 2.94. The molecule has 1 fully saturated rings. The van der Waals surface area contributed by atoms with Crippen LogP contribution < -0.4 is 10.6 Å². The molecule has 0 atom stereocenters. The minimum absolute atomic E-state index is 0.498. The Morgan fingerprint density at radius 1 is 1.37 bits per heavy atom. The Hall–Kier alpha value is -1.76. The van der Waals surface area contributed by atoms with Gasteiger partial charge in [-0.2, -0.15) is 5.26 Å². The monoisotopic (exact) mass is 258 g/mol. The van der Waals surface area contributed by atoms with Gasteiger partial charge < -0.3 is 10.6 Å². The Balaban J connectivity index is 2.12. The van der Waals surface area contributed by atoms with Crippen LogP contribution >= 0.6 is 0 Å². The van der Waals surface area contributed by atoms with Crippen molar-refractivity contribution in [2.24, 2.45) is 5.41 Å². The van der Waals surface area contributed by atoms with Crippen LogP contribution in [0.2, 0.25) is 0 Å². The normalized spacial score (nSPS) is 18.1.